The molecule has 1 aromatic carbocycles. The number of amides is 3. The zero-order valence-corrected chi connectivity index (χ0v) is 26.5. The van der Waals surface area contributed by atoms with Gasteiger partial charge in [0.05, 0.1) is 22.2 Å². The first kappa shape index (κ1) is 34.2. The molecule has 1 fully saturated rings. The van der Waals surface area contributed by atoms with Crippen molar-refractivity contribution in [1.29, 1.82) is 0 Å². The molecule has 1 aliphatic rings. The fourth-order valence-electron chi connectivity index (χ4n) is 5.28. The molecule has 10 nitrogen and oxygen atoms in total. The number of nitrogens with one attached hydrogen (secondary N) is 2. The summed E-state index contributed by atoms with van der Waals surface area (Å²) in [4.78, 5) is 57.2. The summed E-state index contributed by atoms with van der Waals surface area (Å²) >= 11 is 1.58. The molecular weight excluding hydrogens is 568 g/mol. The fourth-order valence-corrected chi connectivity index (χ4v) is 6.09. The number of carboxylic acids is 1. The van der Waals surface area contributed by atoms with Crippen LogP contribution in [-0.2, 0) is 25.7 Å². The molecule has 236 valence electrons. The summed E-state index contributed by atoms with van der Waals surface area (Å²) in [7, 11) is 0. The van der Waals surface area contributed by atoms with E-state index >= 15 is 0 Å². The highest BCUT2D eigenvalue weighted by molar-refractivity contribution is 7.13. The van der Waals surface area contributed by atoms with Gasteiger partial charge in [0.2, 0.25) is 17.7 Å². The number of carboxylic acid groups (broad SMARTS) is 1. The maximum atomic E-state index is 13.7. The predicted octanol–water partition coefficient (Wildman–Crippen LogP) is 4.43. The van der Waals surface area contributed by atoms with Crippen LogP contribution in [0.3, 0.4) is 0 Å². The van der Waals surface area contributed by atoms with Crippen LogP contribution in [0, 0.1) is 12.3 Å². The lowest BCUT2D eigenvalue weighted by Crippen LogP contribution is -2.57. The minimum Gasteiger partial charge on any atom is -0.481 e. The van der Waals surface area contributed by atoms with E-state index in [1.54, 1.807) is 11.3 Å². The smallest absolute Gasteiger partial charge is 0.303 e. The van der Waals surface area contributed by atoms with Gasteiger partial charge in [-0.3, -0.25) is 19.2 Å². The molecule has 3 amide bonds. The molecule has 0 spiro atoms. The van der Waals surface area contributed by atoms with Crippen LogP contribution in [0.25, 0.3) is 10.4 Å². The molecule has 3 atom stereocenters. The van der Waals surface area contributed by atoms with Crippen molar-refractivity contribution >= 4 is 35.0 Å². The van der Waals surface area contributed by atoms with Crippen molar-refractivity contribution in [3.8, 4) is 10.4 Å². The summed E-state index contributed by atoms with van der Waals surface area (Å²) in [5.74, 6) is -1.72. The number of carbonyl (C=O) groups is 4. The van der Waals surface area contributed by atoms with Crippen LogP contribution in [0.4, 0.5) is 0 Å². The lowest BCUT2D eigenvalue weighted by atomic mass is 9.85. The molecule has 2 aromatic rings. The normalized spacial score (nSPS) is 17.5. The predicted molar refractivity (Wildman–Crippen MR) is 166 cm³/mol. The summed E-state index contributed by atoms with van der Waals surface area (Å²) < 4.78 is 0. The molecule has 1 aliphatic heterocycles. The summed E-state index contributed by atoms with van der Waals surface area (Å²) in [5, 5.41) is 24.9. The Kier molecular flexibility index (Phi) is 12.7. The molecule has 0 aliphatic carbocycles. The second-order valence-electron chi connectivity index (χ2n) is 12.5. The average molecular weight is 615 g/mol. The van der Waals surface area contributed by atoms with E-state index in [4.69, 9.17) is 5.11 Å². The molecule has 3 rings (SSSR count). The molecule has 0 unspecified atom stereocenters. The molecular formula is C32H46N4O6S. The second-order valence-corrected chi connectivity index (χ2v) is 13.3. The average Bonchev–Trinajstić information content (AvgIpc) is 3.56. The van der Waals surface area contributed by atoms with Crippen LogP contribution in [0.1, 0.15) is 89.8 Å². The van der Waals surface area contributed by atoms with Crippen molar-refractivity contribution < 1.29 is 29.4 Å². The number of aryl methyl sites for hydroxylation is 1. The highest BCUT2D eigenvalue weighted by Crippen LogP contribution is 2.28. The van der Waals surface area contributed by atoms with Crippen molar-refractivity contribution in [1.82, 2.24) is 20.5 Å². The molecule has 4 N–H and O–H groups in total. The van der Waals surface area contributed by atoms with Gasteiger partial charge >= 0.3 is 5.97 Å². The highest BCUT2D eigenvalue weighted by atomic mass is 32.1. The maximum absolute atomic E-state index is 13.7. The van der Waals surface area contributed by atoms with Crippen molar-refractivity contribution in [3.63, 3.8) is 0 Å². The van der Waals surface area contributed by atoms with Gasteiger partial charge in [-0.2, -0.15) is 0 Å². The van der Waals surface area contributed by atoms with Crippen LogP contribution in [0.15, 0.2) is 29.8 Å². The number of aromatic nitrogens is 1. The lowest BCUT2D eigenvalue weighted by molar-refractivity contribution is -0.144. The van der Waals surface area contributed by atoms with E-state index in [0.717, 1.165) is 47.4 Å². The number of aliphatic carboxylic acids is 1. The molecule has 0 saturated carbocycles. The summed E-state index contributed by atoms with van der Waals surface area (Å²) in [5.41, 5.74) is 4.16. The SMILES string of the molecule is Cc1ncsc1-c1ccc(CNC(=O)[C@@H]2C[C@@H](O)CN2C(=O)[C@@H](NC(=O)CCCCCCCCC(=O)O)C(C)(C)C)cc1. The van der Waals surface area contributed by atoms with Gasteiger partial charge in [-0.05, 0) is 36.3 Å². The van der Waals surface area contributed by atoms with Gasteiger partial charge in [-0.1, -0.05) is 70.7 Å². The Bertz CT molecular complexity index is 1240. The number of aliphatic hydroxyl groups excluding tert-OH is 1. The van der Waals surface area contributed by atoms with E-state index in [9.17, 15) is 24.3 Å². The van der Waals surface area contributed by atoms with Crippen LogP contribution in [0.2, 0.25) is 0 Å². The van der Waals surface area contributed by atoms with E-state index in [0.29, 0.717) is 12.8 Å². The number of hydrogen-bond acceptors (Lipinski definition) is 7. The van der Waals surface area contributed by atoms with Crippen molar-refractivity contribution in [3.05, 3.63) is 41.0 Å². The van der Waals surface area contributed by atoms with Crippen LogP contribution >= 0.6 is 11.3 Å². The third-order valence-electron chi connectivity index (χ3n) is 7.76. The maximum Gasteiger partial charge on any atom is 0.303 e. The summed E-state index contributed by atoms with van der Waals surface area (Å²) in [6.45, 7) is 7.89. The number of β-amino-alcohol motifs (C(OH)–C–C–N with tert-alkyl or cyclic N) is 1. The second kappa shape index (κ2) is 16.0. The highest BCUT2D eigenvalue weighted by Gasteiger charge is 2.44. The number of nitrogens with zero attached hydrogens (tertiary/aromatic N) is 2. The first-order chi connectivity index (χ1) is 20.4. The molecule has 0 bridgehead atoms. The molecule has 43 heavy (non-hydrogen) atoms. The topological polar surface area (TPSA) is 149 Å². The van der Waals surface area contributed by atoms with Crippen LogP contribution in [0.5, 0.6) is 0 Å². The zero-order chi connectivity index (χ0) is 31.6. The first-order valence-corrected chi connectivity index (χ1v) is 16.0. The van der Waals surface area contributed by atoms with E-state index in [1.807, 2.05) is 57.5 Å². The van der Waals surface area contributed by atoms with Gasteiger partial charge in [0.1, 0.15) is 12.1 Å². The number of rotatable bonds is 15. The van der Waals surface area contributed by atoms with Crippen molar-refractivity contribution in [2.24, 2.45) is 5.41 Å². The van der Waals surface area contributed by atoms with E-state index < -0.39 is 29.6 Å². The summed E-state index contributed by atoms with van der Waals surface area (Å²) in [6, 6.07) is 6.22. The molecule has 2 heterocycles. The quantitative estimate of drug-likeness (QED) is 0.217. The van der Waals surface area contributed by atoms with E-state index in [-0.39, 0.29) is 50.1 Å². The monoisotopic (exact) mass is 614 g/mol. The van der Waals surface area contributed by atoms with Crippen molar-refractivity contribution in [2.45, 2.75) is 110 Å². The van der Waals surface area contributed by atoms with Gasteiger partial charge in [0.25, 0.3) is 0 Å². The number of hydrogen-bond donors (Lipinski definition) is 4. The fraction of sp³-hybridized carbons (Fsp3) is 0.594. The first-order valence-electron chi connectivity index (χ1n) is 15.1. The Balaban J connectivity index is 1.53. The minimum absolute atomic E-state index is 0.0319. The largest absolute Gasteiger partial charge is 0.481 e. The van der Waals surface area contributed by atoms with Gasteiger partial charge < -0.3 is 25.7 Å². The third kappa shape index (κ3) is 10.4. The molecule has 11 heteroatoms. The van der Waals surface area contributed by atoms with Crippen LogP contribution in [-0.4, -0.2) is 68.5 Å². The Morgan fingerprint density at radius 3 is 2.23 bits per heavy atom. The number of unbranched alkanes of at least 4 members (excludes halogenated alkanes) is 5. The lowest BCUT2D eigenvalue weighted by Gasteiger charge is -2.35. The number of likely N-dealkylation sites (tertiary alicyclic amines) is 1. The minimum atomic E-state index is -0.848. The molecule has 1 saturated heterocycles. The number of thiazole rings is 1. The number of benzene rings is 1. The van der Waals surface area contributed by atoms with Gasteiger partial charge in [-0.15, -0.1) is 11.3 Å². The Hall–Kier alpha value is -3.31. The standard InChI is InChI=1S/C32H46N4O6S/c1-21-28(43-20-34-21)23-15-13-22(14-16-23)18-33-30(41)25-17-24(37)19-36(25)31(42)29(32(2,3)4)35-26(38)11-9-7-5-6-8-10-12-27(39)40/h13-16,20,24-25,29,37H,5-12,17-19H2,1-4H3,(H,33,41)(H,35,38)(H,39,40)/t24-,25+,29-/m1/s1. The Labute approximate surface area is 258 Å². The Morgan fingerprint density at radius 2 is 1.65 bits per heavy atom. The van der Waals surface area contributed by atoms with Gasteiger partial charge in [-0.25, -0.2) is 4.98 Å². The zero-order valence-electron chi connectivity index (χ0n) is 25.7. The third-order valence-corrected chi connectivity index (χ3v) is 8.73. The molecule has 0 radical (unpaired) electrons. The van der Waals surface area contributed by atoms with Crippen LogP contribution < -0.4 is 10.6 Å². The molecule has 1 aromatic heterocycles. The number of carbonyl (C=O) groups excluding carboxylic acids is 3. The number of aliphatic hydroxyl groups is 1. The van der Waals surface area contributed by atoms with E-state index in [1.165, 1.54) is 4.90 Å². The van der Waals surface area contributed by atoms with Crippen molar-refractivity contribution in [2.75, 3.05) is 6.54 Å². The van der Waals surface area contributed by atoms with Gasteiger partial charge in [0, 0.05) is 32.4 Å². The summed E-state index contributed by atoms with van der Waals surface area (Å²) in [6.07, 6.45) is 4.67. The van der Waals surface area contributed by atoms with E-state index in [2.05, 4.69) is 15.6 Å². The Morgan fingerprint density at radius 1 is 1.02 bits per heavy atom. The van der Waals surface area contributed by atoms with Gasteiger partial charge in [0.15, 0.2) is 0 Å².